The van der Waals surface area contributed by atoms with Crippen molar-refractivity contribution < 1.29 is 4.79 Å². The second-order valence-electron chi connectivity index (χ2n) is 2.44. The highest BCUT2D eigenvalue weighted by molar-refractivity contribution is 6.48. The van der Waals surface area contributed by atoms with Gasteiger partial charge in [0.25, 0.3) is 0 Å². The SMILES string of the molecule is CN(C=O)c1cc(Cl)c(Cl)c(Cl)c1. The smallest absolute Gasteiger partial charge is 0.213 e. The molecule has 0 unspecified atom stereocenters. The number of benzene rings is 1. The monoisotopic (exact) mass is 237 g/mol. The number of carbonyl (C=O) groups excluding carboxylic acids is 1. The highest BCUT2D eigenvalue weighted by Gasteiger charge is 2.07. The van der Waals surface area contributed by atoms with E-state index in [2.05, 4.69) is 0 Å². The third-order valence-corrected chi connectivity index (χ3v) is 2.73. The zero-order valence-corrected chi connectivity index (χ0v) is 8.99. The number of halogens is 3. The summed E-state index contributed by atoms with van der Waals surface area (Å²) in [6.45, 7) is 0. The van der Waals surface area contributed by atoms with Gasteiger partial charge in [-0.05, 0) is 12.1 Å². The minimum Gasteiger partial charge on any atom is -0.318 e. The second kappa shape index (κ2) is 4.18. The summed E-state index contributed by atoms with van der Waals surface area (Å²) < 4.78 is 0. The predicted octanol–water partition coefficient (Wildman–Crippen LogP) is 3.24. The third-order valence-electron chi connectivity index (χ3n) is 1.53. The zero-order chi connectivity index (χ0) is 10.0. The number of rotatable bonds is 2. The molecule has 0 spiro atoms. The van der Waals surface area contributed by atoms with Crippen molar-refractivity contribution in [1.29, 1.82) is 0 Å². The first-order valence-electron chi connectivity index (χ1n) is 3.39. The summed E-state index contributed by atoms with van der Waals surface area (Å²) in [5, 5.41) is 0.960. The van der Waals surface area contributed by atoms with E-state index in [1.54, 1.807) is 19.2 Å². The molecule has 0 atom stereocenters. The van der Waals surface area contributed by atoms with Gasteiger partial charge in [0.1, 0.15) is 0 Å². The van der Waals surface area contributed by atoms with E-state index in [1.807, 2.05) is 0 Å². The van der Waals surface area contributed by atoms with E-state index in [0.717, 1.165) is 0 Å². The van der Waals surface area contributed by atoms with Crippen LogP contribution in [0.25, 0.3) is 0 Å². The summed E-state index contributed by atoms with van der Waals surface area (Å²) in [6.07, 6.45) is 0.663. The van der Waals surface area contributed by atoms with Crippen LogP contribution in [0.1, 0.15) is 0 Å². The van der Waals surface area contributed by atoms with E-state index >= 15 is 0 Å². The maximum absolute atomic E-state index is 10.4. The number of nitrogens with zero attached hydrogens (tertiary/aromatic N) is 1. The van der Waals surface area contributed by atoms with E-state index in [4.69, 9.17) is 34.8 Å². The number of hydrogen-bond acceptors (Lipinski definition) is 1. The molecule has 1 aromatic carbocycles. The summed E-state index contributed by atoms with van der Waals surface area (Å²) in [7, 11) is 1.60. The van der Waals surface area contributed by atoms with Crippen molar-refractivity contribution in [3.05, 3.63) is 27.2 Å². The molecule has 1 rings (SSSR count). The minimum absolute atomic E-state index is 0.298. The van der Waals surface area contributed by atoms with Crippen molar-refractivity contribution >= 4 is 46.9 Å². The predicted molar refractivity (Wildman–Crippen MR) is 55.9 cm³/mol. The standard InChI is InChI=1S/C8H6Cl3NO/c1-12(4-13)5-2-6(9)8(11)7(10)3-5/h2-4H,1H3. The quantitative estimate of drug-likeness (QED) is 0.572. The molecule has 0 bridgehead atoms. The number of hydrogen-bond donors (Lipinski definition) is 0. The van der Waals surface area contributed by atoms with Gasteiger partial charge < -0.3 is 4.90 Å². The lowest BCUT2D eigenvalue weighted by atomic mass is 10.3. The van der Waals surface area contributed by atoms with Gasteiger partial charge in [0.15, 0.2) is 0 Å². The molecule has 0 saturated carbocycles. The number of anilines is 1. The van der Waals surface area contributed by atoms with Gasteiger partial charge >= 0.3 is 0 Å². The summed E-state index contributed by atoms with van der Waals surface area (Å²) in [5.41, 5.74) is 0.606. The summed E-state index contributed by atoms with van der Waals surface area (Å²) in [5.74, 6) is 0. The maximum atomic E-state index is 10.4. The highest BCUT2D eigenvalue weighted by Crippen LogP contribution is 2.33. The minimum atomic E-state index is 0.298. The molecular formula is C8H6Cl3NO. The van der Waals surface area contributed by atoms with Gasteiger partial charge in [-0.15, -0.1) is 0 Å². The van der Waals surface area contributed by atoms with Crippen LogP contribution in [0, 0.1) is 0 Å². The van der Waals surface area contributed by atoms with Crippen molar-refractivity contribution in [1.82, 2.24) is 0 Å². The van der Waals surface area contributed by atoms with Gasteiger partial charge in [-0.1, -0.05) is 34.8 Å². The van der Waals surface area contributed by atoms with Crippen LogP contribution in [0.4, 0.5) is 5.69 Å². The number of carbonyl (C=O) groups is 1. The molecule has 0 N–H and O–H groups in total. The largest absolute Gasteiger partial charge is 0.318 e. The fraction of sp³-hybridized carbons (Fsp3) is 0.125. The molecular weight excluding hydrogens is 232 g/mol. The van der Waals surface area contributed by atoms with Gasteiger partial charge in [-0.25, -0.2) is 0 Å². The van der Waals surface area contributed by atoms with Crippen LogP contribution in [0.15, 0.2) is 12.1 Å². The fourth-order valence-corrected chi connectivity index (χ4v) is 1.39. The normalized spacial score (nSPS) is 9.85. The molecule has 13 heavy (non-hydrogen) atoms. The van der Waals surface area contributed by atoms with Crippen molar-refractivity contribution in [2.75, 3.05) is 11.9 Å². The van der Waals surface area contributed by atoms with Crippen LogP contribution in [-0.2, 0) is 4.79 Å². The fourth-order valence-electron chi connectivity index (χ4n) is 0.807. The summed E-state index contributed by atoms with van der Waals surface area (Å²) in [6, 6.07) is 3.15. The Morgan fingerprint density at radius 1 is 1.23 bits per heavy atom. The molecule has 70 valence electrons. The molecule has 0 aliphatic rings. The number of amides is 1. The van der Waals surface area contributed by atoms with Crippen molar-refractivity contribution in [3.8, 4) is 0 Å². The zero-order valence-electron chi connectivity index (χ0n) is 6.72. The first kappa shape index (κ1) is 10.6. The van der Waals surface area contributed by atoms with Gasteiger partial charge in [-0.3, -0.25) is 4.79 Å². The highest BCUT2D eigenvalue weighted by atomic mass is 35.5. The van der Waals surface area contributed by atoms with Gasteiger partial charge in [-0.2, -0.15) is 0 Å². The van der Waals surface area contributed by atoms with Gasteiger partial charge in [0.2, 0.25) is 6.41 Å². The molecule has 2 nitrogen and oxygen atoms in total. The van der Waals surface area contributed by atoms with E-state index in [1.165, 1.54) is 4.90 Å². The third kappa shape index (κ3) is 2.27. The Morgan fingerprint density at radius 2 is 1.69 bits per heavy atom. The van der Waals surface area contributed by atoms with E-state index in [9.17, 15) is 4.79 Å². The summed E-state index contributed by atoms with van der Waals surface area (Å²) in [4.78, 5) is 11.8. The van der Waals surface area contributed by atoms with Crippen LogP contribution in [0.2, 0.25) is 15.1 Å². The second-order valence-corrected chi connectivity index (χ2v) is 3.63. The molecule has 0 aliphatic heterocycles. The topological polar surface area (TPSA) is 20.3 Å². The summed E-state index contributed by atoms with van der Waals surface area (Å²) >= 11 is 17.2. The maximum Gasteiger partial charge on any atom is 0.213 e. The van der Waals surface area contributed by atoms with Crippen molar-refractivity contribution in [3.63, 3.8) is 0 Å². The molecule has 0 heterocycles. The lowest BCUT2D eigenvalue weighted by Gasteiger charge is -2.12. The molecule has 0 radical (unpaired) electrons. The Morgan fingerprint density at radius 3 is 2.08 bits per heavy atom. The molecule has 1 aromatic rings. The Hall–Kier alpha value is -0.440. The molecule has 0 aromatic heterocycles. The van der Waals surface area contributed by atoms with Crippen LogP contribution in [-0.4, -0.2) is 13.5 Å². The van der Waals surface area contributed by atoms with Crippen LogP contribution < -0.4 is 4.90 Å². The van der Waals surface area contributed by atoms with E-state index in [-0.39, 0.29) is 0 Å². The van der Waals surface area contributed by atoms with E-state index in [0.29, 0.717) is 27.2 Å². The Balaban J connectivity index is 3.20. The first-order valence-corrected chi connectivity index (χ1v) is 4.52. The lowest BCUT2D eigenvalue weighted by Crippen LogP contribution is -2.13. The molecule has 1 amide bonds. The average Bonchev–Trinajstić information content (AvgIpc) is 2.12. The van der Waals surface area contributed by atoms with Crippen molar-refractivity contribution in [2.45, 2.75) is 0 Å². The molecule has 5 heteroatoms. The van der Waals surface area contributed by atoms with Crippen molar-refractivity contribution in [2.24, 2.45) is 0 Å². The van der Waals surface area contributed by atoms with Gasteiger partial charge in [0.05, 0.1) is 15.1 Å². The molecule has 0 fully saturated rings. The van der Waals surface area contributed by atoms with Crippen LogP contribution in [0.3, 0.4) is 0 Å². The Kier molecular flexibility index (Phi) is 3.42. The molecule has 0 saturated heterocycles. The molecule has 0 aliphatic carbocycles. The van der Waals surface area contributed by atoms with Crippen LogP contribution >= 0.6 is 34.8 Å². The Labute approximate surface area is 91.0 Å². The Bertz CT molecular complexity index is 317. The van der Waals surface area contributed by atoms with Gasteiger partial charge in [0, 0.05) is 12.7 Å². The van der Waals surface area contributed by atoms with E-state index < -0.39 is 0 Å². The lowest BCUT2D eigenvalue weighted by molar-refractivity contribution is -0.107. The average molecular weight is 239 g/mol. The van der Waals surface area contributed by atoms with Crippen LogP contribution in [0.5, 0.6) is 0 Å². The first-order chi connectivity index (χ1) is 6.06.